The Morgan fingerprint density at radius 1 is 1.35 bits per heavy atom. The van der Waals surface area contributed by atoms with Crippen LogP contribution in [0, 0.1) is 0 Å². The van der Waals surface area contributed by atoms with Crippen molar-refractivity contribution in [3.05, 3.63) is 53.5 Å². The Kier molecular flexibility index (Phi) is 5.73. The predicted octanol–water partition coefficient (Wildman–Crippen LogP) is 5.24. The van der Waals surface area contributed by atoms with Crippen LogP contribution in [0.15, 0.2) is 48.0 Å². The van der Waals surface area contributed by atoms with Crippen LogP contribution in [0.3, 0.4) is 0 Å². The zero-order valence-electron chi connectivity index (χ0n) is 9.88. The van der Waals surface area contributed by atoms with Gasteiger partial charge in [-0.05, 0) is 46.5 Å². The second-order valence-electron chi connectivity index (χ2n) is 3.80. The monoisotopic (exact) mass is 406 g/mol. The van der Waals surface area contributed by atoms with Crippen LogP contribution in [0.25, 0.3) is 0 Å². The number of benzene rings is 1. The number of hydrogen-bond acceptors (Lipinski definition) is 1. The molecule has 0 saturated carbocycles. The zero-order valence-corrected chi connectivity index (χ0v) is 13.6. The third-order valence-electron chi connectivity index (χ3n) is 2.60. The number of halogens is 2. The molecule has 0 N–H and O–H groups in total. The van der Waals surface area contributed by atoms with Crippen molar-refractivity contribution in [3.8, 4) is 5.75 Å². The fourth-order valence-electron chi connectivity index (χ4n) is 1.72. The Balaban J connectivity index is 3.14. The normalized spacial score (nSPS) is 11.0. The van der Waals surface area contributed by atoms with Gasteiger partial charge in [-0.1, -0.05) is 40.8 Å². The number of rotatable bonds is 6. The maximum Gasteiger partial charge on any atom is 0.133 e. The predicted molar refractivity (Wildman–Crippen MR) is 86.0 cm³/mol. The smallest absolute Gasteiger partial charge is 0.133 e. The molecule has 0 amide bonds. The van der Waals surface area contributed by atoms with E-state index in [0.717, 1.165) is 23.1 Å². The second kappa shape index (κ2) is 6.59. The molecule has 0 saturated heterocycles. The highest BCUT2D eigenvalue weighted by molar-refractivity contribution is 14.1. The Labute approximate surface area is 125 Å². The number of methoxy groups -OCH3 is 1. The van der Waals surface area contributed by atoms with Gasteiger partial charge in [0.1, 0.15) is 5.75 Å². The molecule has 0 unspecified atom stereocenters. The minimum Gasteiger partial charge on any atom is -0.496 e. The molecule has 0 aromatic heterocycles. The minimum atomic E-state index is 0.0239. The zero-order chi connectivity index (χ0) is 12.9. The largest absolute Gasteiger partial charge is 0.496 e. The van der Waals surface area contributed by atoms with E-state index in [2.05, 4.69) is 63.8 Å². The lowest BCUT2D eigenvalue weighted by Crippen LogP contribution is -2.16. The van der Waals surface area contributed by atoms with Gasteiger partial charge < -0.3 is 4.74 Å². The van der Waals surface area contributed by atoms with Crippen LogP contribution in [0.2, 0.25) is 0 Å². The van der Waals surface area contributed by atoms with Crippen LogP contribution in [0.5, 0.6) is 5.75 Å². The van der Waals surface area contributed by atoms with Crippen molar-refractivity contribution < 1.29 is 4.74 Å². The number of allylic oxidation sites excluding steroid dienone is 2. The highest BCUT2D eigenvalue weighted by Gasteiger charge is 2.26. The number of hydrogen-bond donors (Lipinski definition) is 0. The average Bonchev–Trinajstić information content (AvgIpc) is 2.29. The molecule has 0 atom stereocenters. The molecule has 92 valence electrons. The van der Waals surface area contributed by atoms with E-state index in [-0.39, 0.29) is 3.42 Å². The number of alkyl halides is 1. The van der Waals surface area contributed by atoms with E-state index in [9.17, 15) is 0 Å². The molecular formula is C14H16BrIO. The van der Waals surface area contributed by atoms with Crippen LogP contribution in [0.4, 0.5) is 0 Å². The first-order valence-electron chi connectivity index (χ1n) is 5.32. The standard InChI is InChI=1S/C14H16BrIO/c1-4-8-14(16,9-5-2)11-6-7-13(17-3)12(15)10-11/h4-7,10H,1-2,8-9H2,3H3. The molecule has 1 rings (SSSR count). The van der Waals surface area contributed by atoms with Gasteiger partial charge in [0.05, 0.1) is 15.0 Å². The Hall–Kier alpha value is -0.290. The van der Waals surface area contributed by atoms with E-state index in [1.165, 1.54) is 5.56 Å². The Morgan fingerprint density at radius 2 is 1.94 bits per heavy atom. The first kappa shape index (κ1) is 14.8. The van der Waals surface area contributed by atoms with E-state index in [1.54, 1.807) is 7.11 Å². The molecule has 0 aliphatic carbocycles. The van der Waals surface area contributed by atoms with Crippen molar-refractivity contribution in [2.45, 2.75) is 16.3 Å². The third-order valence-corrected chi connectivity index (χ3v) is 4.73. The Morgan fingerprint density at radius 3 is 2.35 bits per heavy atom. The first-order chi connectivity index (χ1) is 8.07. The van der Waals surface area contributed by atoms with Crippen LogP contribution >= 0.6 is 38.5 Å². The molecule has 0 aliphatic heterocycles. The molecule has 3 heteroatoms. The highest BCUT2D eigenvalue weighted by atomic mass is 127. The van der Waals surface area contributed by atoms with Gasteiger partial charge in [0.15, 0.2) is 0 Å². The van der Waals surface area contributed by atoms with Crippen molar-refractivity contribution >= 4 is 38.5 Å². The molecule has 0 heterocycles. The molecule has 0 bridgehead atoms. The summed E-state index contributed by atoms with van der Waals surface area (Å²) in [4.78, 5) is 0. The van der Waals surface area contributed by atoms with Crippen LogP contribution in [-0.4, -0.2) is 7.11 Å². The van der Waals surface area contributed by atoms with E-state index in [4.69, 9.17) is 4.74 Å². The fourth-order valence-corrected chi connectivity index (χ4v) is 3.22. The quantitative estimate of drug-likeness (QED) is 0.356. The first-order valence-corrected chi connectivity index (χ1v) is 7.19. The number of ether oxygens (including phenoxy) is 1. The van der Waals surface area contributed by atoms with Crippen molar-refractivity contribution in [3.63, 3.8) is 0 Å². The topological polar surface area (TPSA) is 9.23 Å². The van der Waals surface area contributed by atoms with Gasteiger partial charge in [-0.2, -0.15) is 0 Å². The van der Waals surface area contributed by atoms with E-state index >= 15 is 0 Å². The van der Waals surface area contributed by atoms with Gasteiger partial charge in [-0.3, -0.25) is 0 Å². The molecular weight excluding hydrogens is 391 g/mol. The van der Waals surface area contributed by atoms with Crippen LogP contribution < -0.4 is 4.74 Å². The average molecular weight is 407 g/mol. The van der Waals surface area contributed by atoms with E-state index < -0.39 is 0 Å². The summed E-state index contributed by atoms with van der Waals surface area (Å²) >= 11 is 6.00. The lowest BCUT2D eigenvalue weighted by atomic mass is 9.92. The van der Waals surface area contributed by atoms with Gasteiger partial charge in [0.2, 0.25) is 0 Å². The SMILES string of the molecule is C=CCC(I)(CC=C)c1ccc(OC)c(Br)c1. The van der Waals surface area contributed by atoms with Crippen molar-refractivity contribution in [2.75, 3.05) is 7.11 Å². The van der Waals surface area contributed by atoms with Gasteiger partial charge >= 0.3 is 0 Å². The van der Waals surface area contributed by atoms with Crippen molar-refractivity contribution in [2.24, 2.45) is 0 Å². The van der Waals surface area contributed by atoms with Gasteiger partial charge in [0.25, 0.3) is 0 Å². The molecule has 0 radical (unpaired) electrons. The van der Waals surface area contributed by atoms with E-state index in [1.807, 2.05) is 18.2 Å². The fraction of sp³-hybridized carbons (Fsp3) is 0.286. The van der Waals surface area contributed by atoms with Crippen LogP contribution in [-0.2, 0) is 3.42 Å². The van der Waals surface area contributed by atoms with E-state index in [0.29, 0.717) is 0 Å². The third kappa shape index (κ3) is 3.58. The molecule has 0 aliphatic rings. The van der Waals surface area contributed by atoms with Gasteiger partial charge in [0, 0.05) is 0 Å². The van der Waals surface area contributed by atoms with Gasteiger partial charge in [-0.25, -0.2) is 0 Å². The van der Waals surface area contributed by atoms with Crippen molar-refractivity contribution in [1.29, 1.82) is 0 Å². The minimum absolute atomic E-state index is 0.0239. The summed E-state index contributed by atoms with van der Waals surface area (Å²) in [5, 5.41) is 0. The molecule has 1 aromatic rings. The maximum atomic E-state index is 5.24. The highest BCUT2D eigenvalue weighted by Crippen LogP contribution is 2.42. The molecule has 1 aromatic carbocycles. The summed E-state index contributed by atoms with van der Waals surface area (Å²) < 4.78 is 6.25. The molecule has 17 heavy (non-hydrogen) atoms. The molecule has 1 nitrogen and oxygen atoms in total. The summed E-state index contributed by atoms with van der Waals surface area (Å²) in [6.45, 7) is 7.67. The summed E-state index contributed by atoms with van der Waals surface area (Å²) in [6.07, 6.45) is 5.73. The van der Waals surface area contributed by atoms with Crippen LogP contribution in [0.1, 0.15) is 18.4 Å². The summed E-state index contributed by atoms with van der Waals surface area (Å²) in [5.74, 6) is 0.852. The van der Waals surface area contributed by atoms with Gasteiger partial charge in [-0.15, -0.1) is 13.2 Å². The lowest BCUT2D eigenvalue weighted by molar-refractivity contribution is 0.411. The Bertz CT molecular complexity index is 405. The summed E-state index contributed by atoms with van der Waals surface area (Å²) in [5.41, 5.74) is 1.26. The molecule has 0 spiro atoms. The summed E-state index contributed by atoms with van der Waals surface area (Å²) in [7, 11) is 1.67. The maximum absolute atomic E-state index is 5.24. The molecule has 0 fully saturated rings. The lowest BCUT2D eigenvalue weighted by Gasteiger charge is -2.26. The second-order valence-corrected chi connectivity index (χ2v) is 6.72. The van der Waals surface area contributed by atoms with Crippen molar-refractivity contribution in [1.82, 2.24) is 0 Å². The summed E-state index contributed by atoms with van der Waals surface area (Å²) in [6, 6.07) is 6.19.